The van der Waals surface area contributed by atoms with Crippen molar-refractivity contribution < 1.29 is 63.9 Å². The van der Waals surface area contributed by atoms with Crippen molar-refractivity contribution in [2.75, 3.05) is 13.1 Å². The van der Waals surface area contributed by atoms with E-state index in [4.69, 9.17) is 5.11 Å². The minimum Gasteiger partial charge on any atom is -1.00 e. The van der Waals surface area contributed by atoms with E-state index in [0.717, 1.165) is 19.3 Å². The van der Waals surface area contributed by atoms with Crippen molar-refractivity contribution in [3.05, 3.63) is 66.1 Å². The number of hydrogen-bond donors (Lipinski definition) is 3. The number of sulfonamides is 1. The van der Waals surface area contributed by atoms with Gasteiger partial charge in [0.1, 0.15) is 10.7 Å². The molecule has 2 heterocycles. The molecule has 2 atom stereocenters. The Kier molecular flexibility index (Phi) is 12.4. The maximum Gasteiger partial charge on any atom is 1.00 e. The molecule has 0 radical (unpaired) electrons. The molecular weight excluding hydrogens is 570 g/mol. The molecule has 4 rings (SSSR count). The van der Waals surface area contributed by atoms with Gasteiger partial charge in [0.25, 0.3) is 0 Å². The Morgan fingerprint density at radius 1 is 0.952 bits per heavy atom. The average Bonchev–Trinajstić information content (AvgIpc) is 3.29. The van der Waals surface area contributed by atoms with Gasteiger partial charge < -0.3 is 21.3 Å². The fourth-order valence-corrected chi connectivity index (χ4v) is 7.77. The summed E-state index contributed by atoms with van der Waals surface area (Å²) >= 11 is 0. The number of carbonyl (C=O) groups is 1. The molecule has 0 bridgehead atoms. The Morgan fingerprint density at radius 3 is 2.14 bits per heavy atom. The number of aliphatic carboxylic acids is 1. The van der Waals surface area contributed by atoms with Crippen molar-refractivity contribution in [1.82, 2.24) is 8.87 Å². The second kappa shape index (κ2) is 15.1. The van der Waals surface area contributed by atoms with Crippen molar-refractivity contribution in [1.29, 1.82) is 0 Å². The summed E-state index contributed by atoms with van der Waals surface area (Å²) in [6, 6.07) is 15.2. The molecule has 1 saturated heterocycles. The first-order valence-corrected chi connectivity index (χ1v) is 15.6. The number of hydrogen-bond acceptors (Lipinski definition) is 5. The second-order valence-electron chi connectivity index (χ2n) is 11.0. The standard InChI is InChI=1S/C31H39FN2O6S.Na.H/c1-21(2)29-31(41(39,40)33-16-7-4-8-17-33)28(22-9-5-3-6-10-22)30(23-11-13-24(32)14-12-23)34(29)18-15-25(35)19-26(36)20-27(37)38;;/h3,5-6,9-14,21,25-26,35-36H,4,7-8,15-20H2,1-2H3,(H,37,38);;/q;+1;-1/t25-,26-;;/m1../s1. The summed E-state index contributed by atoms with van der Waals surface area (Å²) in [5, 5.41) is 29.8. The van der Waals surface area contributed by atoms with E-state index in [1.54, 1.807) is 16.4 Å². The Hall–Kier alpha value is -2.05. The molecule has 0 aliphatic carbocycles. The first-order valence-electron chi connectivity index (χ1n) is 14.2. The van der Waals surface area contributed by atoms with E-state index in [9.17, 15) is 27.8 Å². The zero-order chi connectivity index (χ0) is 29.7. The zero-order valence-electron chi connectivity index (χ0n) is 25.5. The van der Waals surface area contributed by atoms with Crippen LogP contribution < -0.4 is 29.6 Å². The summed E-state index contributed by atoms with van der Waals surface area (Å²) < 4.78 is 46.4. The van der Waals surface area contributed by atoms with Crippen molar-refractivity contribution in [3.63, 3.8) is 0 Å². The van der Waals surface area contributed by atoms with Gasteiger partial charge in [-0.3, -0.25) is 4.79 Å². The maximum atomic E-state index is 14.5. The first-order chi connectivity index (χ1) is 19.5. The van der Waals surface area contributed by atoms with Crippen LogP contribution >= 0.6 is 0 Å². The molecule has 224 valence electrons. The Bertz CT molecular complexity index is 1450. The summed E-state index contributed by atoms with van der Waals surface area (Å²) in [6.07, 6.45) is -0.131. The Balaban J connectivity index is 0.00000323. The van der Waals surface area contributed by atoms with Crippen LogP contribution in [0.1, 0.15) is 65.4 Å². The summed E-state index contributed by atoms with van der Waals surface area (Å²) in [7, 11) is -3.93. The number of aliphatic hydroxyl groups excluding tert-OH is 2. The third-order valence-corrected chi connectivity index (χ3v) is 9.51. The van der Waals surface area contributed by atoms with Gasteiger partial charge in [-0.2, -0.15) is 4.31 Å². The van der Waals surface area contributed by atoms with Crippen molar-refractivity contribution in [2.24, 2.45) is 0 Å². The molecule has 1 aliphatic heterocycles. The van der Waals surface area contributed by atoms with Crippen LogP contribution in [-0.2, 0) is 21.4 Å². The van der Waals surface area contributed by atoms with Crippen molar-refractivity contribution >= 4 is 16.0 Å². The molecule has 3 aromatic rings. The van der Waals surface area contributed by atoms with E-state index in [-0.39, 0.29) is 61.2 Å². The van der Waals surface area contributed by atoms with Gasteiger partial charge >= 0.3 is 35.5 Å². The SMILES string of the molecule is CC(C)c1c(S(=O)(=O)N2CCCCC2)c(-c2ccccc2)c(-c2ccc(F)cc2)n1CC[C@@H](O)C[C@@H](O)CC(=O)O.[H-].[Na+]. The van der Waals surface area contributed by atoms with Gasteiger partial charge in [-0.15, -0.1) is 0 Å². The minimum absolute atomic E-state index is 0. The predicted octanol–water partition coefficient (Wildman–Crippen LogP) is 2.35. The molecule has 1 aromatic heterocycles. The number of halogens is 1. The number of piperidine rings is 1. The first kappa shape index (κ1) is 34.4. The van der Waals surface area contributed by atoms with Crippen molar-refractivity contribution in [3.8, 4) is 22.4 Å². The van der Waals surface area contributed by atoms with Crippen LogP contribution in [0.3, 0.4) is 0 Å². The van der Waals surface area contributed by atoms with Crippen LogP contribution in [-0.4, -0.2) is 63.9 Å². The molecule has 0 spiro atoms. The molecule has 1 aliphatic rings. The van der Waals surface area contributed by atoms with Crippen LogP contribution in [0.15, 0.2) is 59.5 Å². The number of carboxylic acids is 1. The maximum absolute atomic E-state index is 14.5. The van der Waals surface area contributed by atoms with E-state index < -0.39 is 40.4 Å². The third kappa shape index (κ3) is 7.91. The average molecular weight is 611 g/mol. The van der Waals surface area contributed by atoms with Gasteiger partial charge in [-0.25, -0.2) is 12.8 Å². The number of nitrogens with zero attached hydrogens (tertiary/aromatic N) is 2. The van der Waals surface area contributed by atoms with Gasteiger partial charge in [0.2, 0.25) is 10.0 Å². The minimum atomic E-state index is -3.93. The molecule has 0 amide bonds. The van der Waals surface area contributed by atoms with Gasteiger partial charge in [-0.1, -0.05) is 50.6 Å². The molecular formula is C31H40FN2NaO6S. The molecule has 0 saturated carbocycles. The van der Waals surface area contributed by atoms with Gasteiger partial charge in [-0.05, 0) is 67.0 Å². The van der Waals surface area contributed by atoms with E-state index >= 15 is 0 Å². The molecule has 3 N–H and O–H groups in total. The summed E-state index contributed by atoms with van der Waals surface area (Å²) in [5.74, 6) is -1.80. The molecule has 11 heteroatoms. The summed E-state index contributed by atoms with van der Waals surface area (Å²) in [5.41, 5.74) is 3.07. The van der Waals surface area contributed by atoms with Gasteiger partial charge in [0.05, 0.1) is 24.3 Å². The van der Waals surface area contributed by atoms with E-state index in [2.05, 4.69) is 0 Å². The van der Waals surface area contributed by atoms with E-state index in [1.165, 1.54) is 12.1 Å². The summed E-state index contributed by atoms with van der Waals surface area (Å²) in [4.78, 5) is 11.2. The van der Waals surface area contributed by atoms with E-state index in [1.807, 2.05) is 48.7 Å². The Morgan fingerprint density at radius 2 is 1.57 bits per heavy atom. The van der Waals surface area contributed by atoms with Crippen LogP contribution in [0.4, 0.5) is 4.39 Å². The normalized spacial score (nSPS) is 15.8. The second-order valence-corrected chi connectivity index (χ2v) is 12.9. The molecule has 2 aromatic carbocycles. The molecule has 42 heavy (non-hydrogen) atoms. The monoisotopic (exact) mass is 610 g/mol. The fourth-order valence-electron chi connectivity index (χ4n) is 5.69. The van der Waals surface area contributed by atoms with E-state index in [0.29, 0.717) is 41.2 Å². The van der Waals surface area contributed by atoms with Gasteiger partial charge in [0.15, 0.2) is 0 Å². The van der Waals surface area contributed by atoms with Crippen LogP contribution in [0, 0.1) is 5.82 Å². The number of aliphatic hydroxyl groups is 2. The largest absolute Gasteiger partial charge is 1.00 e. The van der Waals surface area contributed by atoms with Crippen LogP contribution in [0.2, 0.25) is 0 Å². The van der Waals surface area contributed by atoms with Crippen LogP contribution in [0.5, 0.6) is 0 Å². The topological polar surface area (TPSA) is 120 Å². The number of carboxylic acid groups (broad SMARTS) is 1. The molecule has 1 fully saturated rings. The summed E-state index contributed by atoms with van der Waals surface area (Å²) in [6.45, 7) is 4.93. The third-order valence-electron chi connectivity index (χ3n) is 7.54. The number of benzene rings is 2. The van der Waals surface area contributed by atoms with Gasteiger partial charge in [0, 0.05) is 30.9 Å². The smallest absolute Gasteiger partial charge is 1.00 e. The predicted molar refractivity (Wildman–Crippen MR) is 157 cm³/mol. The molecule has 0 unspecified atom stereocenters. The van der Waals surface area contributed by atoms with Crippen LogP contribution in [0.25, 0.3) is 22.4 Å². The molecule has 8 nitrogen and oxygen atoms in total. The number of aromatic nitrogens is 1. The van der Waals surface area contributed by atoms with Crippen molar-refractivity contribution in [2.45, 2.75) is 81.9 Å². The zero-order valence-corrected chi connectivity index (χ0v) is 27.4. The fraction of sp³-hybridized carbons (Fsp3) is 0.452. The quantitative estimate of drug-likeness (QED) is 0.271. The Labute approximate surface area is 271 Å². The number of rotatable bonds is 12.